The van der Waals surface area contributed by atoms with Gasteiger partial charge < -0.3 is 5.73 Å². The first kappa shape index (κ1) is 13.0. The Balaban J connectivity index is 2.19. The van der Waals surface area contributed by atoms with Crippen LogP contribution in [0.4, 0.5) is 10.1 Å². The molecule has 0 bridgehead atoms. The van der Waals surface area contributed by atoms with Crippen LogP contribution in [0.2, 0.25) is 0 Å². The van der Waals surface area contributed by atoms with Crippen LogP contribution < -0.4 is 10.6 Å². The minimum Gasteiger partial charge on any atom is -0.357 e. The van der Waals surface area contributed by atoms with E-state index < -0.39 is 5.82 Å². The Labute approximate surface area is 108 Å². The van der Waals surface area contributed by atoms with Gasteiger partial charge in [0, 0.05) is 12.2 Å². The van der Waals surface area contributed by atoms with Crippen molar-refractivity contribution in [2.24, 2.45) is 0 Å². The largest absolute Gasteiger partial charge is 0.357 e. The maximum absolute atomic E-state index is 13.1. The average Bonchev–Trinajstić information content (AvgIpc) is 2.62. The van der Waals surface area contributed by atoms with E-state index in [1.54, 1.807) is 6.07 Å². The highest BCUT2D eigenvalue weighted by Gasteiger charge is 2.39. The molecule has 1 saturated heterocycles. The van der Waals surface area contributed by atoms with E-state index in [2.05, 4.69) is 5.73 Å². The normalized spacial score (nSPS) is 19.7. The second-order valence-electron chi connectivity index (χ2n) is 3.96. The van der Waals surface area contributed by atoms with Crippen LogP contribution in [0.5, 0.6) is 0 Å². The molecule has 0 radical (unpaired) electrons. The monoisotopic (exact) mass is 269 g/mol. The fourth-order valence-corrected chi connectivity index (χ4v) is 2.81. The Kier molecular flexibility index (Phi) is 3.98. The van der Waals surface area contributed by atoms with E-state index in [0.717, 1.165) is 10.7 Å². The van der Waals surface area contributed by atoms with Crippen molar-refractivity contribution < 1.29 is 19.7 Å². The highest BCUT2D eigenvalue weighted by Crippen LogP contribution is 2.29. The zero-order chi connectivity index (χ0) is 13.1. The maximum Gasteiger partial charge on any atom is 0.247 e. The maximum atomic E-state index is 13.1. The first-order chi connectivity index (χ1) is 8.63. The molecule has 0 spiro atoms. The summed E-state index contributed by atoms with van der Waals surface area (Å²) in [6, 6.07) is 5.53. The van der Waals surface area contributed by atoms with Gasteiger partial charge in [-0.15, -0.1) is 11.8 Å². The summed E-state index contributed by atoms with van der Waals surface area (Å²) in [6.07, 6.45) is 0.181. The number of benzene rings is 1. The third-order valence-corrected chi connectivity index (χ3v) is 3.93. The van der Waals surface area contributed by atoms with E-state index in [-0.39, 0.29) is 23.5 Å². The van der Waals surface area contributed by atoms with Gasteiger partial charge in [-0.1, -0.05) is 6.07 Å². The van der Waals surface area contributed by atoms with E-state index >= 15 is 0 Å². The van der Waals surface area contributed by atoms with Crippen LogP contribution in [0.3, 0.4) is 0 Å². The summed E-state index contributed by atoms with van der Waals surface area (Å²) in [4.78, 5) is 25.0. The number of rotatable bonds is 4. The molecule has 1 aliphatic rings. The molecule has 2 amide bonds. The predicted molar refractivity (Wildman–Crippen MR) is 67.5 cm³/mol. The number of nitrogens with zero attached hydrogens (tertiary/aromatic N) is 1. The van der Waals surface area contributed by atoms with Crippen LogP contribution in [0.15, 0.2) is 24.3 Å². The molecule has 6 heteroatoms. The summed E-state index contributed by atoms with van der Waals surface area (Å²) >= 11 is 1.43. The number of quaternary nitrogens is 1. The Morgan fingerprint density at radius 3 is 2.89 bits per heavy atom. The number of imide groups is 1. The summed E-state index contributed by atoms with van der Waals surface area (Å²) in [5.74, 6) is -0.251. The van der Waals surface area contributed by atoms with Crippen LogP contribution in [0, 0.1) is 5.82 Å². The molecule has 0 unspecified atom stereocenters. The zero-order valence-electron chi connectivity index (χ0n) is 9.77. The molecule has 18 heavy (non-hydrogen) atoms. The van der Waals surface area contributed by atoms with Crippen molar-refractivity contribution in [1.29, 1.82) is 0 Å². The molecule has 1 aliphatic heterocycles. The van der Waals surface area contributed by atoms with Gasteiger partial charge in [0.15, 0.2) is 0 Å². The number of anilines is 1. The molecule has 2 rings (SSSR count). The second kappa shape index (κ2) is 5.49. The van der Waals surface area contributed by atoms with Crippen molar-refractivity contribution in [3.8, 4) is 0 Å². The number of carbonyl (C=O) groups excluding carboxylic acids is 2. The number of carbonyl (C=O) groups is 2. The van der Waals surface area contributed by atoms with Crippen LogP contribution in [0.25, 0.3) is 0 Å². The number of halogens is 1. The quantitative estimate of drug-likeness (QED) is 0.806. The molecule has 96 valence electrons. The van der Waals surface area contributed by atoms with Gasteiger partial charge in [-0.2, -0.15) is 0 Å². The summed E-state index contributed by atoms with van der Waals surface area (Å²) in [5.41, 5.74) is 4.01. The fourth-order valence-electron chi connectivity index (χ4n) is 1.85. The van der Waals surface area contributed by atoms with Gasteiger partial charge in [0.2, 0.25) is 11.8 Å². The molecular weight excluding hydrogens is 255 g/mol. The van der Waals surface area contributed by atoms with Crippen molar-refractivity contribution in [2.75, 3.05) is 17.2 Å². The first-order valence-electron chi connectivity index (χ1n) is 5.66. The van der Waals surface area contributed by atoms with Gasteiger partial charge in [-0.05, 0) is 18.2 Å². The van der Waals surface area contributed by atoms with E-state index in [0.29, 0.717) is 12.2 Å². The molecule has 4 nitrogen and oxygen atoms in total. The lowest BCUT2D eigenvalue weighted by atomic mass is 10.3. The minimum atomic E-state index is -0.457. The highest BCUT2D eigenvalue weighted by molar-refractivity contribution is 8.00. The predicted octanol–water partition coefficient (Wildman–Crippen LogP) is 0.433. The van der Waals surface area contributed by atoms with Gasteiger partial charge in [-0.25, -0.2) is 9.29 Å². The van der Waals surface area contributed by atoms with Gasteiger partial charge in [0.05, 0.1) is 17.5 Å². The van der Waals surface area contributed by atoms with Crippen LogP contribution in [-0.2, 0) is 9.59 Å². The van der Waals surface area contributed by atoms with E-state index in [1.807, 2.05) is 0 Å². The summed E-state index contributed by atoms with van der Waals surface area (Å²) in [7, 11) is 0. The standard InChI is InChI=1S/C12H13FN2O2S/c13-8-2-1-3-9(6-8)15-11(16)7-10(12(15)17)18-5-4-14/h1-3,6,10H,4-5,7,14H2/p+1/t10-/m0/s1. The minimum absolute atomic E-state index is 0.181. The van der Waals surface area contributed by atoms with E-state index in [1.165, 1.54) is 30.0 Å². The molecule has 0 aromatic heterocycles. The molecule has 1 aromatic carbocycles. The van der Waals surface area contributed by atoms with Crippen molar-refractivity contribution in [3.05, 3.63) is 30.1 Å². The Bertz CT molecular complexity index is 481. The van der Waals surface area contributed by atoms with Gasteiger partial charge in [0.1, 0.15) is 5.82 Å². The molecule has 0 aliphatic carbocycles. The second-order valence-corrected chi connectivity index (χ2v) is 5.27. The van der Waals surface area contributed by atoms with Crippen molar-refractivity contribution in [1.82, 2.24) is 0 Å². The average molecular weight is 269 g/mol. The first-order valence-corrected chi connectivity index (χ1v) is 6.71. The van der Waals surface area contributed by atoms with Crippen LogP contribution in [-0.4, -0.2) is 29.4 Å². The molecule has 3 N–H and O–H groups in total. The Morgan fingerprint density at radius 1 is 1.44 bits per heavy atom. The smallest absolute Gasteiger partial charge is 0.247 e. The molecule has 1 atom stereocenters. The van der Waals surface area contributed by atoms with E-state index in [4.69, 9.17) is 0 Å². The SMILES string of the molecule is [NH3+]CCS[C@H]1CC(=O)N(c2cccc(F)c2)C1=O. The number of hydrogen-bond acceptors (Lipinski definition) is 3. The van der Waals surface area contributed by atoms with Gasteiger partial charge in [0.25, 0.3) is 0 Å². The number of thioether (sulfide) groups is 1. The third kappa shape index (κ3) is 2.54. The lowest BCUT2D eigenvalue weighted by Crippen LogP contribution is -2.51. The van der Waals surface area contributed by atoms with Crippen molar-refractivity contribution >= 4 is 29.3 Å². The lowest BCUT2D eigenvalue weighted by Gasteiger charge is -2.14. The van der Waals surface area contributed by atoms with Crippen molar-refractivity contribution in [2.45, 2.75) is 11.7 Å². The third-order valence-electron chi connectivity index (χ3n) is 2.64. The molecule has 1 heterocycles. The van der Waals surface area contributed by atoms with Gasteiger partial charge in [-0.3, -0.25) is 9.59 Å². The highest BCUT2D eigenvalue weighted by atomic mass is 32.2. The zero-order valence-corrected chi connectivity index (χ0v) is 10.6. The van der Waals surface area contributed by atoms with E-state index in [9.17, 15) is 14.0 Å². The molecule has 1 aromatic rings. The Morgan fingerprint density at radius 2 is 2.22 bits per heavy atom. The van der Waals surface area contributed by atoms with Crippen LogP contribution in [0.1, 0.15) is 6.42 Å². The lowest BCUT2D eigenvalue weighted by molar-refractivity contribution is -0.360. The fraction of sp³-hybridized carbons (Fsp3) is 0.333. The van der Waals surface area contributed by atoms with Gasteiger partial charge >= 0.3 is 0 Å². The number of amides is 2. The van der Waals surface area contributed by atoms with Crippen LogP contribution >= 0.6 is 11.8 Å². The summed E-state index contributed by atoms with van der Waals surface area (Å²) in [6.45, 7) is 0.711. The Hall–Kier alpha value is -1.40. The molecular formula is C12H14FN2O2S+. The molecule has 0 saturated carbocycles. The number of hydrogen-bond donors (Lipinski definition) is 1. The summed E-state index contributed by atoms with van der Waals surface area (Å²) < 4.78 is 13.1. The topological polar surface area (TPSA) is 65.0 Å². The summed E-state index contributed by atoms with van der Waals surface area (Å²) in [5, 5.41) is -0.359. The van der Waals surface area contributed by atoms with Crippen molar-refractivity contribution in [3.63, 3.8) is 0 Å². The molecule has 1 fully saturated rings.